The van der Waals surface area contributed by atoms with E-state index in [2.05, 4.69) is 25.6 Å². The van der Waals surface area contributed by atoms with Gasteiger partial charge in [-0.1, -0.05) is 51.3 Å². The highest BCUT2D eigenvalue weighted by atomic mass is 16.6. The lowest BCUT2D eigenvalue weighted by molar-refractivity contribution is -0.146. The first kappa shape index (κ1) is 89.9. The third kappa shape index (κ3) is 50.7. The van der Waals surface area contributed by atoms with Crippen molar-refractivity contribution in [2.24, 2.45) is 5.92 Å². The number of esters is 10. The van der Waals surface area contributed by atoms with Crippen molar-refractivity contribution in [2.75, 3.05) is 66.1 Å². The summed E-state index contributed by atoms with van der Waals surface area (Å²) in [5.74, 6) is -0.223. The molecule has 0 aliphatic heterocycles. The van der Waals surface area contributed by atoms with Crippen LogP contribution in [-0.2, 0) is 85.8 Å². The molecular formula is C82H126O21. The molecular weight excluding hydrogens is 1320 g/mol. The van der Waals surface area contributed by atoms with Crippen LogP contribution in [0.15, 0.2) is 60.7 Å². The number of rotatable bonds is 64. The van der Waals surface area contributed by atoms with Crippen LogP contribution >= 0.6 is 0 Å². The van der Waals surface area contributed by atoms with Gasteiger partial charge in [-0.15, -0.1) is 0 Å². The summed E-state index contributed by atoms with van der Waals surface area (Å²) in [6.07, 6.45) is 32.5. The second-order valence-corrected chi connectivity index (χ2v) is 27.1. The quantitative estimate of drug-likeness (QED) is 0.0196. The first-order chi connectivity index (χ1) is 50.1. The van der Waals surface area contributed by atoms with Gasteiger partial charge in [-0.05, 0) is 266 Å². The van der Waals surface area contributed by atoms with Crippen LogP contribution in [0.25, 0.3) is 0 Å². The van der Waals surface area contributed by atoms with E-state index in [1.165, 1.54) is 56.9 Å². The molecule has 2 aromatic carbocycles. The molecule has 1 aliphatic carbocycles. The van der Waals surface area contributed by atoms with E-state index in [-0.39, 0.29) is 93.3 Å². The second-order valence-electron chi connectivity index (χ2n) is 27.1. The lowest BCUT2D eigenvalue weighted by atomic mass is 9.77. The fourth-order valence-electron chi connectivity index (χ4n) is 11.6. The number of unbranched alkanes of at least 4 members (excludes halogenated alkanes) is 21. The Morgan fingerprint density at radius 2 is 0.602 bits per heavy atom. The molecule has 0 amide bonds. The molecule has 1 aliphatic rings. The van der Waals surface area contributed by atoms with E-state index in [4.69, 9.17) is 52.1 Å². The summed E-state index contributed by atoms with van der Waals surface area (Å²) in [5, 5.41) is 0. The molecule has 1 saturated carbocycles. The zero-order valence-electron chi connectivity index (χ0n) is 62.7. The zero-order chi connectivity index (χ0) is 74.4. The molecule has 0 atom stereocenters. The van der Waals surface area contributed by atoms with Gasteiger partial charge in [-0.2, -0.15) is 0 Å². The predicted molar refractivity (Wildman–Crippen MR) is 392 cm³/mol. The Labute approximate surface area is 614 Å². The van der Waals surface area contributed by atoms with Gasteiger partial charge in [-0.3, -0.25) is 38.4 Å². The highest BCUT2D eigenvalue weighted by Crippen LogP contribution is 2.38. The van der Waals surface area contributed by atoms with Gasteiger partial charge in [0.15, 0.2) is 0 Å². The number of hydrogen-bond acceptors (Lipinski definition) is 21. The first-order valence-corrected chi connectivity index (χ1v) is 39.2. The van der Waals surface area contributed by atoms with E-state index in [0.29, 0.717) is 203 Å². The first-order valence-electron chi connectivity index (χ1n) is 39.2. The van der Waals surface area contributed by atoms with E-state index in [1.54, 1.807) is 31.2 Å². The van der Waals surface area contributed by atoms with Crippen LogP contribution < -0.4 is 9.47 Å². The van der Waals surface area contributed by atoms with Gasteiger partial charge in [0, 0.05) is 56.9 Å². The molecule has 2 aromatic rings. The molecule has 21 nitrogen and oxygen atoms in total. The van der Waals surface area contributed by atoms with Crippen molar-refractivity contribution in [3.63, 3.8) is 0 Å². The molecule has 0 radical (unpaired) electrons. The fourth-order valence-corrected chi connectivity index (χ4v) is 11.6. The highest BCUT2D eigenvalue weighted by Gasteiger charge is 2.23. The van der Waals surface area contributed by atoms with Crippen molar-refractivity contribution >= 4 is 59.7 Å². The number of benzene rings is 2. The standard InChI is InChI=1S/C82H126O21/c1-4-5-16-35-67-44-46-68(47-45-67)69-48-54-72(55-49-69)103-82(92)70-50-52-71(53-51-70)93-56-25-6-7-26-57-94-73(83)36-17-8-27-58-95-74(84)37-18-9-28-59-96-75(85)38-19-10-29-60-97-76(86)39-20-11-30-61-98-77(87)40-21-12-31-62-99-78(88)41-22-13-32-63-100-79(89)42-23-14-33-64-101-80(90)43-24-15-34-65-102-81(91)66(2)3/h48-55,67-68H,2,4-47,56-65H2,1,3H3. The molecule has 580 valence electrons. The van der Waals surface area contributed by atoms with Crippen LogP contribution in [0.1, 0.15) is 318 Å². The maximum absolute atomic E-state index is 12.8. The van der Waals surface area contributed by atoms with Crippen LogP contribution in [0.4, 0.5) is 0 Å². The second kappa shape index (κ2) is 61.0. The van der Waals surface area contributed by atoms with Gasteiger partial charge in [0.25, 0.3) is 0 Å². The molecule has 0 unspecified atom stereocenters. The van der Waals surface area contributed by atoms with Crippen molar-refractivity contribution in [1.82, 2.24) is 0 Å². The highest BCUT2D eigenvalue weighted by molar-refractivity contribution is 5.91. The molecule has 0 bridgehead atoms. The van der Waals surface area contributed by atoms with Crippen molar-refractivity contribution in [1.29, 1.82) is 0 Å². The monoisotopic (exact) mass is 1450 g/mol. The normalized spacial score (nSPS) is 13.2. The molecule has 0 N–H and O–H groups in total. The Kier molecular flexibility index (Phi) is 53.3. The molecule has 21 heteroatoms. The minimum Gasteiger partial charge on any atom is -0.494 e. The Morgan fingerprint density at radius 3 is 0.903 bits per heavy atom. The molecule has 103 heavy (non-hydrogen) atoms. The summed E-state index contributed by atoms with van der Waals surface area (Å²) in [7, 11) is 0. The van der Waals surface area contributed by atoms with Crippen molar-refractivity contribution in [2.45, 2.75) is 302 Å². The number of carbonyl (C=O) groups excluding carboxylic acids is 10. The Bertz CT molecular complexity index is 2660. The third-order valence-electron chi connectivity index (χ3n) is 17.9. The third-order valence-corrected chi connectivity index (χ3v) is 17.9. The van der Waals surface area contributed by atoms with Crippen LogP contribution in [0, 0.1) is 5.92 Å². The predicted octanol–water partition coefficient (Wildman–Crippen LogP) is 17.6. The number of ether oxygens (including phenoxy) is 11. The van der Waals surface area contributed by atoms with E-state index in [1.807, 2.05) is 12.1 Å². The molecule has 0 aromatic heterocycles. The fraction of sp³-hybridized carbons (Fsp3) is 0.707. The van der Waals surface area contributed by atoms with E-state index in [9.17, 15) is 47.9 Å². The SMILES string of the molecule is C=C(C)C(=O)OCCCCCC(=O)OCCCCCC(=O)OCCCCCC(=O)OCCCCCC(=O)OCCCCCC(=O)OCCCCCC(=O)OCCCCCC(=O)OCCCCCC(=O)OCCCCCCOc1ccc(C(=O)Oc2ccc(C3CCC(CCCCC)CC3)cc2)cc1. The lowest BCUT2D eigenvalue weighted by Crippen LogP contribution is -2.13. The van der Waals surface area contributed by atoms with Crippen LogP contribution in [-0.4, -0.2) is 126 Å². The van der Waals surface area contributed by atoms with Gasteiger partial charge in [0.1, 0.15) is 11.5 Å². The van der Waals surface area contributed by atoms with E-state index < -0.39 is 11.9 Å². The topological polar surface area (TPSA) is 272 Å². The van der Waals surface area contributed by atoms with E-state index >= 15 is 0 Å². The van der Waals surface area contributed by atoms with Gasteiger partial charge >= 0.3 is 59.7 Å². The summed E-state index contributed by atoms with van der Waals surface area (Å²) < 4.78 is 59.1. The Balaban J connectivity index is 0.972. The van der Waals surface area contributed by atoms with Crippen LogP contribution in [0.2, 0.25) is 0 Å². The molecule has 1 fully saturated rings. The van der Waals surface area contributed by atoms with Crippen LogP contribution in [0.3, 0.4) is 0 Å². The number of hydrogen-bond donors (Lipinski definition) is 0. The minimum absolute atomic E-state index is 0.220. The Morgan fingerprint density at radius 1 is 0.320 bits per heavy atom. The summed E-state index contributed by atoms with van der Waals surface area (Å²) in [6, 6.07) is 15.1. The van der Waals surface area contributed by atoms with Gasteiger partial charge < -0.3 is 52.1 Å². The van der Waals surface area contributed by atoms with Gasteiger partial charge in [-0.25, -0.2) is 9.59 Å². The summed E-state index contributed by atoms with van der Waals surface area (Å²) >= 11 is 0. The molecule has 0 saturated heterocycles. The van der Waals surface area contributed by atoms with Crippen LogP contribution in [0.5, 0.6) is 11.5 Å². The zero-order valence-corrected chi connectivity index (χ0v) is 62.7. The average molecular weight is 1450 g/mol. The van der Waals surface area contributed by atoms with Crippen molar-refractivity contribution < 1.29 is 100 Å². The average Bonchev–Trinajstić information content (AvgIpc) is 0.853. The van der Waals surface area contributed by atoms with Crippen molar-refractivity contribution in [3.05, 3.63) is 71.8 Å². The molecule has 0 spiro atoms. The minimum atomic E-state index is -0.409. The number of carbonyl (C=O) groups is 10. The summed E-state index contributed by atoms with van der Waals surface area (Å²) in [6.45, 7) is 10.7. The lowest BCUT2D eigenvalue weighted by Gasteiger charge is -2.29. The molecule has 0 heterocycles. The summed E-state index contributed by atoms with van der Waals surface area (Å²) in [5.41, 5.74) is 2.16. The largest absolute Gasteiger partial charge is 0.494 e. The maximum Gasteiger partial charge on any atom is 0.343 e. The Hall–Kier alpha value is -7.32. The van der Waals surface area contributed by atoms with Gasteiger partial charge in [0.05, 0.1) is 71.6 Å². The van der Waals surface area contributed by atoms with Crippen molar-refractivity contribution in [3.8, 4) is 11.5 Å². The molecule has 3 rings (SSSR count). The van der Waals surface area contributed by atoms with Gasteiger partial charge in [0.2, 0.25) is 0 Å². The summed E-state index contributed by atoms with van der Waals surface area (Å²) in [4.78, 5) is 121. The maximum atomic E-state index is 12.8. The smallest absolute Gasteiger partial charge is 0.343 e. The van der Waals surface area contributed by atoms with E-state index in [0.717, 1.165) is 83.0 Å².